The van der Waals surface area contributed by atoms with Gasteiger partial charge in [0.1, 0.15) is 5.82 Å². The van der Waals surface area contributed by atoms with Crippen LogP contribution in [0.2, 0.25) is 0 Å². The van der Waals surface area contributed by atoms with E-state index in [1.807, 2.05) is 42.6 Å². The number of aromatic nitrogens is 2. The number of aliphatic carboxylic acids is 1. The first-order valence-corrected chi connectivity index (χ1v) is 12.3. The normalized spacial score (nSPS) is 13.7. The van der Waals surface area contributed by atoms with Crippen molar-refractivity contribution in [1.29, 1.82) is 0 Å². The number of hydrogen-bond donors (Lipinski definition) is 3. The number of para-hydroxylation sites is 1. The summed E-state index contributed by atoms with van der Waals surface area (Å²) in [5, 5.41) is 27.0. The SMILES string of the molecule is Cc1cccc(C)c1Nc1c(C2CC2)nc2c(C(=O)NC(CC(=O)O)c3cccc([N+](=O)[O-])c3)cccn12. The molecular formula is C28H27N5O5. The molecule has 1 atom stereocenters. The number of benzene rings is 2. The molecule has 10 heteroatoms. The van der Waals surface area contributed by atoms with Crippen LogP contribution in [0.4, 0.5) is 17.2 Å². The number of carboxylic acid groups (broad SMARTS) is 1. The fourth-order valence-corrected chi connectivity index (χ4v) is 4.68. The van der Waals surface area contributed by atoms with Crippen molar-refractivity contribution in [2.45, 2.75) is 45.1 Å². The summed E-state index contributed by atoms with van der Waals surface area (Å²) in [5.41, 5.74) is 4.93. The highest BCUT2D eigenvalue weighted by atomic mass is 16.6. The van der Waals surface area contributed by atoms with Gasteiger partial charge in [0, 0.05) is 29.9 Å². The molecule has 2 heterocycles. The zero-order valence-electron chi connectivity index (χ0n) is 21.0. The number of anilines is 2. The lowest BCUT2D eigenvalue weighted by Gasteiger charge is -2.18. The van der Waals surface area contributed by atoms with Gasteiger partial charge in [-0.15, -0.1) is 0 Å². The van der Waals surface area contributed by atoms with Crippen LogP contribution in [0.25, 0.3) is 5.65 Å². The molecule has 0 bridgehead atoms. The van der Waals surface area contributed by atoms with E-state index >= 15 is 0 Å². The Morgan fingerprint density at radius 1 is 1.13 bits per heavy atom. The average Bonchev–Trinajstić information content (AvgIpc) is 3.66. The van der Waals surface area contributed by atoms with Crippen LogP contribution in [0.5, 0.6) is 0 Å². The van der Waals surface area contributed by atoms with Crippen LogP contribution >= 0.6 is 0 Å². The fourth-order valence-electron chi connectivity index (χ4n) is 4.68. The number of aryl methyl sites for hydroxylation is 2. The Hall–Kier alpha value is -4.73. The molecule has 194 valence electrons. The van der Waals surface area contributed by atoms with Gasteiger partial charge < -0.3 is 15.7 Å². The van der Waals surface area contributed by atoms with Gasteiger partial charge in [0.25, 0.3) is 11.6 Å². The van der Waals surface area contributed by atoms with Crippen molar-refractivity contribution in [3.63, 3.8) is 0 Å². The molecule has 38 heavy (non-hydrogen) atoms. The quantitative estimate of drug-likeness (QED) is 0.200. The minimum absolute atomic E-state index is 0.182. The van der Waals surface area contributed by atoms with Gasteiger partial charge >= 0.3 is 5.97 Å². The number of carbonyl (C=O) groups excluding carboxylic acids is 1. The number of nitro groups is 1. The summed E-state index contributed by atoms with van der Waals surface area (Å²) in [6, 6.07) is 14.1. The van der Waals surface area contributed by atoms with Crippen LogP contribution in [-0.4, -0.2) is 31.3 Å². The summed E-state index contributed by atoms with van der Waals surface area (Å²) in [5.74, 6) is -0.561. The van der Waals surface area contributed by atoms with E-state index in [-0.39, 0.29) is 11.3 Å². The summed E-state index contributed by atoms with van der Waals surface area (Å²) < 4.78 is 1.86. The second-order valence-electron chi connectivity index (χ2n) is 9.60. The van der Waals surface area contributed by atoms with E-state index in [9.17, 15) is 24.8 Å². The van der Waals surface area contributed by atoms with Gasteiger partial charge in [-0.2, -0.15) is 0 Å². The highest BCUT2D eigenvalue weighted by Gasteiger charge is 2.32. The number of pyridine rings is 1. The van der Waals surface area contributed by atoms with E-state index in [2.05, 4.69) is 10.6 Å². The van der Waals surface area contributed by atoms with Crippen LogP contribution in [0.3, 0.4) is 0 Å². The Labute approximate surface area is 218 Å². The number of nitro benzene ring substituents is 1. The molecule has 5 rings (SSSR count). The maximum Gasteiger partial charge on any atom is 0.305 e. The summed E-state index contributed by atoms with van der Waals surface area (Å²) in [7, 11) is 0. The average molecular weight is 514 g/mol. The number of rotatable bonds is 9. The molecule has 1 aliphatic rings. The molecule has 1 unspecified atom stereocenters. The lowest BCUT2D eigenvalue weighted by Crippen LogP contribution is -2.30. The minimum Gasteiger partial charge on any atom is -0.481 e. The second kappa shape index (κ2) is 9.97. The second-order valence-corrected chi connectivity index (χ2v) is 9.60. The number of fused-ring (bicyclic) bond motifs is 1. The number of imidazole rings is 1. The van der Waals surface area contributed by atoms with Crippen molar-refractivity contribution in [3.8, 4) is 0 Å². The summed E-state index contributed by atoms with van der Waals surface area (Å²) in [6.07, 6.45) is 3.44. The molecule has 4 aromatic rings. The summed E-state index contributed by atoms with van der Waals surface area (Å²) >= 11 is 0. The molecule has 2 aromatic heterocycles. The van der Waals surface area contributed by atoms with Crippen molar-refractivity contribution in [3.05, 3.63) is 98.9 Å². The molecule has 1 fully saturated rings. The zero-order valence-corrected chi connectivity index (χ0v) is 21.0. The monoisotopic (exact) mass is 513 g/mol. The molecule has 1 amide bonds. The summed E-state index contributed by atoms with van der Waals surface area (Å²) in [4.78, 5) is 40.6. The van der Waals surface area contributed by atoms with Gasteiger partial charge in [-0.3, -0.25) is 24.1 Å². The van der Waals surface area contributed by atoms with Crippen LogP contribution in [-0.2, 0) is 4.79 Å². The Kier molecular flexibility index (Phi) is 6.54. The lowest BCUT2D eigenvalue weighted by molar-refractivity contribution is -0.384. The van der Waals surface area contributed by atoms with Crippen LogP contribution in [0, 0.1) is 24.0 Å². The number of hydrogen-bond acceptors (Lipinski definition) is 6. The van der Waals surface area contributed by atoms with Gasteiger partial charge in [0.05, 0.1) is 28.6 Å². The predicted octanol–water partition coefficient (Wildman–Crippen LogP) is 5.43. The van der Waals surface area contributed by atoms with Gasteiger partial charge in [-0.05, 0) is 55.5 Å². The van der Waals surface area contributed by atoms with E-state index in [1.165, 1.54) is 18.2 Å². The number of nitrogens with zero attached hydrogens (tertiary/aromatic N) is 3. The molecular weight excluding hydrogens is 486 g/mol. The smallest absolute Gasteiger partial charge is 0.305 e. The third-order valence-corrected chi connectivity index (χ3v) is 6.78. The van der Waals surface area contributed by atoms with Gasteiger partial charge in [-0.25, -0.2) is 4.98 Å². The largest absolute Gasteiger partial charge is 0.481 e. The molecule has 0 aliphatic heterocycles. The van der Waals surface area contributed by atoms with E-state index in [1.54, 1.807) is 18.2 Å². The molecule has 3 N–H and O–H groups in total. The first kappa shape index (κ1) is 24.9. The third kappa shape index (κ3) is 4.93. The standard InChI is InChI=1S/C28H27N5O5/c1-16-6-3-7-17(2)24(16)30-27-25(18-11-12-18)31-26-21(10-5-13-32(26)27)28(36)29-22(15-23(34)35)19-8-4-9-20(14-19)33(37)38/h3-10,13-14,18,22,30H,11-12,15H2,1-2H3,(H,29,36)(H,34,35). The van der Waals surface area contributed by atoms with Crippen molar-refractivity contribution in [2.24, 2.45) is 0 Å². The van der Waals surface area contributed by atoms with Crippen LogP contribution < -0.4 is 10.6 Å². The molecule has 0 spiro atoms. The Balaban J connectivity index is 1.53. The Bertz CT molecular complexity index is 1550. The third-order valence-electron chi connectivity index (χ3n) is 6.78. The first-order chi connectivity index (χ1) is 18.2. The van der Waals surface area contributed by atoms with E-state index < -0.39 is 29.3 Å². The van der Waals surface area contributed by atoms with Gasteiger partial charge in [-0.1, -0.05) is 30.3 Å². The Morgan fingerprint density at radius 2 is 1.84 bits per heavy atom. The van der Waals surface area contributed by atoms with Gasteiger partial charge in [0.15, 0.2) is 5.65 Å². The van der Waals surface area contributed by atoms with Crippen molar-refractivity contribution < 1.29 is 19.6 Å². The maximum absolute atomic E-state index is 13.5. The molecule has 1 saturated carbocycles. The lowest BCUT2D eigenvalue weighted by atomic mass is 10.0. The molecule has 1 aliphatic carbocycles. The number of amides is 1. The Morgan fingerprint density at radius 3 is 2.50 bits per heavy atom. The van der Waals surface area contributed by atoms with Gasteiger partial charge in [0.2, 0.25) is 0 Å². The van der Waals surface area contributed by atoms with Crippen molar-refractivity contribution in [2.75, 3.05) is 5.32 Å². The number of non-ortho nitro benzene ring substituents is 1. The molecule has 0 radical (unpaired) electrons. The molecule has 2 aromatic carbocycles. The number of nitrogens with one attached hydrogen (secondary N) is 2. The number of carboxylic acids is 1. The van der Waals surface area contributed by atoms with Crippen LogP contribution in [0.15, 0.2) is 60.8 Å². The van der Waals surface area contributed by atoms with E-state index in [4.69, 9.17) is 4.98 Å². The maximum atomic E-state index is 13.5. The summed E-state index contributed by atoms with van der Waals surface area (Å²) in [6.45, 7) is 4.06. The topological polar surface area (TPSA) is 139 Å². The zero-order chi connectivity index (χ0) is 27.0. The molecule has 0 saturated heterocycles. The highest BCUT2D eigenvalue weighted by molar-refractivity contribution is 6.00. The predicted molar refractivity (Wildman–Crippen MR) is 142 cm³/mol. The van der Waals surface area contributed by atoms with Crippen molar-refractivity contribution in [1.82, 2.24) is 14.7 Å². The van der Waals surface area contributed by atoms with E-state index in [0.29, 0.717) is 17.1 Å². The fraction of sp³-hybridized carbons (Fsp3) is 0.250. The minimum atomic E-state index is -1.14. The molecule has 10 nitrogen and oxygen atoms in total. The van der Waals surface area contributed by atoms with Crippen LogP contribution in [0.1, 0.15) is 64.0 Å². The highest BCUT2D eigenvalue weighted by Crippen LogP contribution is 2.44. The number of carbonyl (C=O) groups is 2. The van der Waals surface area contributed by atoms with Crippen molar-refractivity contribution >= 4 is 34.7 Å². The van der Waals surface area contributed by atoms with E-state index in [0.717, 1.165) is 41.2 Å². The first-order valence-electron chi connectivity index (χ1n) is 12.3.